The Morgan fingerprint density at radius 3 is 2.38 bits per heavy atom. The van der Waals surface area contributed by atoms with Crippen LogP contribution in [-0.2, 0) is 4.74 Å². The van der Waals surface area contributed by atoms with Crippen molar-refractivity contribution in [2.75, 3.05) is 6.61 Å². The van der Waals surface area contributed by atoms with Crippen molar-refractivity contribution < 1.29 is 23.5 Å². The summed E-state index contributed by atoms with van der Waals surface area (Å²) < 4.78 is 23.4. The Kier molecular flexibility index (Phi) is 6.49. The van der Waals surface area contributed by atoms with E-state index in [0.29, 0.717) is 6.61 Å². The molecule has 0 aliphatic rings. The van der Waals surface area contributed by atoms with E-state index in [1.54, 1.807) is 12.1 Å². The molecule has 2 rings (SSSR count). The summed E-state index contributed by atoms with van der Waals surface area (Å²) in [5.41, 5.74) is 0.475. The molecule has 0 unspecified atom stereocenters. The van der Waals surface area contributed by atoms with Gasteiger partial charge in [0, 0.05) is 6.07 Å². The van der Waals surface area contributed by atoms with Gasteiger partial charge in [-0.05, 0) is 36.8 Å². The van der Waals surface area contributed by atoms with Gasteiger partial charge in [0.2, 0.25) is 0 Å². The third-order valence-electron chi connectivity index (χ3n) is 3.32. The largest absolute Gasteiger partial charge is 0.462 e. The van der Waals surface area contributed by atoms with Crippen molar-refractivity contribution in [1.29, 1.82) is 0 Å². The summed E-state index contributed by atoms with van der Waals surface area (Å²) in [5.74, 6) is -1.54. The second kappa shape index (κ2) is 8.82. The molecule has 0 N–H and O–H groups in total. The van der Waals surface area contributed by atoms with Crippen LogP contribution in [0.25, 0.3) is 0 Å². The Hall–Kier alpha value is -2.69. The number of hydrogen-bond acceptors (Lipinski definition) is 4. The van der Waals surface area contributed by atoms with E-state index in [2.05, 4.69) is 6.92 Å². The highest BCUT2D eigenvalue weighted by molar-refractivity contribution is 5.96. The zero-order chi connectivity index (χ0) is 17.4. The van der Waals surface area contributed by atoms with Gasteiger partial charge in [-0.1, -0.05) is 31.9 Å². The van der Waals surface area contributed by atoms with Crippen molar-refractivity contribution in [2.45, 2.75) is 26.2 Å². The lowest BCUT2D eigenvalue weighted by Gasteiger charge is -2.07. The smallest absolute Gasteiger partial charge is 0.343 e. The number of hydrogen-bond donors (Lipinski definition) is 0. The zero-order valence-corrected chi connectivity index (χ0v) is 13.5. The second-order valence-electron chi connectivity index (χ2n) is 5.27. The first-order valence-corrected chi connectivity index (χ1v) is 7.85. The summed E-state index contributed by atoms with van der Waals surface area (Å²) in [6, 6.07) is 11.4. The summed E-state index contributed by atoms with van der Waals surface area (Å²) in [6.07, 6.45) is 2.84. The average molecular weight is 330 g/mol. The van der Waals surface area contributed by atoms with Gasteiger partial charge in [-0.25, -0.2) is 14.0 Å². The molecule has 0 saturated carbocycles. The van der Waals surface area contributed by atoms with Crippen LogP contribution in [0.2, 0.25) is 0 Å². The fourth-order valence-electron chi connectivity index (χ4n) is 2.07. The zero-order valence-electron chi connectivity index (χ0n) is 13.5. The lowest BCUT2D eigenvalue weighted by molar-refractivity contribution is 0.0498. The fourth-order valence-corrected chi connectivity index (χ4v) is 2.07. The summed E-state index contributed by atoms with van der Waals surface area (Å²) in [5, 5.41) is 0. The van der Waals surface area contributed by atoms with Crippen LogP contribution in [0, 0.1) is 5.82 Å². The molecule has 0 atom stereocenters. The molecule has 126 valence electrons. The predicted octanol–water partition coefficient (Wildman–Crippen LogP) is 4.39. The van der Waals surface area contributed by atoms with Crippen LogP contribution in [0.5, 0.6) is 5.75 Å². The lowest BCUT2D eigenvalue weighted by Crippen LogP contribution is -2.11. The van der Waals surface area contributed by atoms with Gasteiger partial charge in [0.15, 0.2) is 0 Å². The highest BCUT2D eigenvalue weighted by Crippen LogP contribution is 2.15. The molecule has 2 aromatic rings. The molecule has 4 nitrogen and oxygen atoms in total. The molecule has 0 fully saturated rings. The van der Waals surface area contributed by atoms with Crippen LogP contribution in [0.4, 0.5) is 4.39 Å². The first-order chi connectivity index (χ1) is 11.6. The minimum absolute atomic E-state index is 0.104. The van der Waals surface area contributed by atoms with E-state index in [1.807, 2.05) is 0 Å². The monoisotopic (exact) mass is 330 g/mol. The Morgan fingerprint density at radius 1 is 0.958 bits per heavy atom. The van der Waals surface area contributed by atoms with Crippen LogP contribution in [0.1, 0.15) is 46.9 Å². The van der Waals surface area contributed by atoms with Crippen LogP contribution in [0.3, 0.4) is 0 Å². The van der Waals surface area contributed by atoms with Crippen LogP contribution in [-0.4, -0.2) is 18.5 Å². The molecule has 0 spiro atoms. The van der Waals surface area contributed by atoms with Gasteiger partial charge >= 0.3 is 11.9 Å². The SMILES string of the molecule is CCCCCOC(=O)c1cccc(C(=O)Oc2cccc(F)c2)c1. The molecule has 0 aromatic heterocycles. The number of ether oxygens (including phenoxy) is 2. The number of carbonyl (C=O) groups excluding carboxylic acids is 2. The molecule has 5 heteroatoms. The van der Waals surface area contributed by atoms with Gasteiger partial charge in [-0.3, -0.25) is 0 Å². The summed E-state index contributed by atoms with van der Waals surface area (Å²) in [7, 11) is 0. The third-order valence-corrected chi connectivity index (χ3v) is 3.32. The minimum atomic E-state index is -0.666. The van der Waals surface area contributed by atoms with Gasteiger partial charge < -0.3 is 9.47 Å². The fraction of sp³-hybridized carbons (Fsp3) is 0.263. The van der Waals surface area contributed by atoms with Gasteiger partial charge in [-0.15, -0.1) is 0 Å². The Bertz CT molecular complexity index is 712. The van der Waals surface area contributed by atoms with Crippen molar-refractivity contribution in [3.05, 3.63) is 65.5 Å². The standard InChI is InChI=1S/C19H19FO4/c1-2-3-4-11-23-18(21)14-7-5-8-15(12-14)19(22)24-17-10-6-9-16(20)13-17/h5-10,12-13H,2-4,11H2,1H3. The quantitative estimate of drug-likeness (QED) is 0.429. The molecular formula is C19H19FO4. The molecule has 2 aromatic carbocycles. The van der Waals surface area contributed by atoms with Crippen molar-refractivity contribution >= 4 is 11.9 Å². The number of unbranched alkanes of at least 4 members (excludes halogenated alkanes) is 2. The van der Waals surface area contributed by atoms with Crippen LogP contribution >= 0.6 is 0 Å². The number of halogens is 1. The number of rotatable bonds is 7. The van der Waals surface area contributed by atoms with Crippen molar-refractivity contribution in [1.82, 2.24) is 0 Å². The maximum absolute atomic E-state index is 13.1. The van der Waals surface area contributed by atoms with Crippen molar-refractivity contribution in [3.8, 4) is 5.75 Å². The normalized spacial score (nSPS) is 10.2. The van der Waals surface area contributed by atoms with Crippen LogP contribution in [0.15, 0.2) is 48.5 Å². The minimum Gasteiger partial charge on any atom is -0.462 e. The van der Waals surface area contributed by atoms with Crippen molar-refractivity contribution in [2.24, 2.45) is 0 Å². The molecule has 0 aliphatic heterocycles. The number of carbonyl (C=O) groups is 2. The maximum Gasteiger partial charge on any atom is 0.343 e. The number of benzene rings is 2. The Morgan fingerprint density at radius 2 is 1.67 bits per heavy atom. The second-order valence-corrected chi connectivity index (χ2v) is 5.27. The van der Waals surface area contributed by atoms with Gasteiger partial charge in [-0.2, -0.15) is 0 Å². The van der Waals surface area contributed by atoms with E-state index < -0.39 is 17.8 Å². The predicted molar refractivity (Wildman–Crippen MR) is 87.6 cm³/mol. The average Bonchev–Trinajstić information content (AvgIpc) is 2.58. The van der Waals surface area contributed by atoms with Crippen molar-refractivity contribution in [3.63, 3.8) is 0 Å². The Labute approximate surface area is 140 Å². The van der Waals surface area contributed by atoms with E-state index in [1.165, 1.54) is 30.3 Å². The highest BCUT2D eigenvalue weighted by atomic mass is 19.1. The van der Waals surface area contributed by atoms with Gasteiger partial charge in [0.1, 0.15) is 11.6 Å². The molecule has 0 amide bonds. The van der Waals surface area contributed by atoms with E-state index in [9.17, 15) is 14.0 Å². The highest BCUT2D eigenvalue weighted by Gasteiger charge is 2.13. The topological polar surface area (TPSA) is 52.6 Å². The molecule has 24 heavy (non-hydrogen) atoms. The molecule has 0 heterocycles. The van der Waals surface area contributed by atoms with E-state index in [-0.39, 0.29) is 16.9 Å². The first-order valence-electron chi connectivity index (χ1n) is 7.85. The van der Waals surface area contributed by atoms with Gasteiger partial charge in [0.05, 0.1) is 17.7 Å². The lowest BCUT2D eigenvalue weighted by atomic mass is 10.1. The van der Waals surface area contributed by atoms with E-state index in [4.69, 9.17) is 9.47 Å². The van der Waals surface area contributed by atoms with E-state index in [0.717, 1.165) is 25.3 Å². The van der Waals surface area contributed by atoms with Gasteiger partial charge in [0.25, 0.3) is 0 Å². The summed E-state index contributed by atoms with van der Waals surface area (Å²) >= 11 is 0. The summed E-state index contributed by atoms with van der Waals surface area (Å²) in [6.45, 7) is 2.42. The van der Waals surface area contributed by atoms with E-state index >= 15 is 0 Å². The molecule has 0 saturated heterocycles. The molecule has 0 aliphatic carbocycles. The maximum atomic E-state index is 13.1. The Balaban J connectivity index is 2.01. The molecule has 0 bridgehead atoms. The summed E-state index contributed by atoms with van der Waals surface area (Å²) in [4.78, 5) is 24.1. The molecule has 0 radical (unpaired) electrons. The third kappa shape index (κ3) is 5.19. The van der Waals surface area contributed by atoms with Crippen LogP contribution < -0.4 is 4.74 Å². The number of esters is 2. The molecular weight excluding hydrogens is 311 g/mol. The first kappa shape index (κ1) is 17.7.